The Labute approximate surface area is 140 Å². The molecule has 1 aliphatic rings. The van der Waals surface area contributed by atoms with Gasteiger partial charge in [-0.15, -0.1) is 0 Å². The van der Waals surface area contributed by atoms with Gasteiger partial charge in [0.2, 0.25) is 0 Å². The molecule has 24 heavy (non-hydrogen) atoms. The lowest BCUT2D eigenvalue weighted by Gasteiger charge is -2.30. The highest BCUT2D eigenvalue weighted by atomic mass is 16.4. The topological polar surface area (TPSA) is 84.5 Å². The highest BCUT2D eigenvalue weighted by Gasteiger charge is 2.27. The van der Waals surface area contributed by atoms with Crippen molar-refractivity contribution in [3.63, 3.8) is 0 Å². The first-order chi connectivity index (χ1) is 11.7. The summed E-state index contributed by atoms with van der Waals surface area (Å²) >= 11 is 0. The number of aromatic nitrogens is 1. The summed E-state index contributed by atoms with van der Waals surface area (Å²) in [5.41, 5.74) is -0.118. The number of nitrogens with one attached hydrogen (secondary N) is 1. The predicted molar refractivity (Wildman–Crippen MR) is 88.8 cm³/mol. The third-order valence-electron chi connectivity index (χ3n) is 4.57. The van der Waals surface area contributed by atoms with Gasteiger partial charge in [0.25, 0.3) is 11.5 Å². The predicted octanol–water partition coefficient (Wildman–Crippen LogP) is 1.77. The zero-order valence-corrected chi connectivity index (χ0v) is 13.5. The lowest BCUT2D eigenvalue weighted by atomic mass is 9.85. The van der Waals surface area contributed by atoms with Gasteiger partial charge in [-0.2, -0.15) is 0 Å². The first-order valence-corrected chi connectivity index (χ1v) is 8.33. The molecule has 0 aromatic carbocycles. The fourth-order valence-corrected chi connectivity index (χ4v) is 3.20. The molecule has 2 aromatic rings. The van der Waals surface area contributed by atoms with Gasteiger partial charge in [0, 0.05) is 30.8 Å². The van der Waals surface area contributed by atoms with Crippen molar-refractivity contribution in [3.8, 4) is 0 Å². The average Bonchev–Trinajstić information content (AvgIpc) is 3.06. The molecule has 2 N–H and O–H groups in total. The van der Waals surface area contributed by atoms with Crippen molar-refractivity contribution in [1.82, 2.24) is 9.88 Å². The summed E-state index contributed by atoms with van der Waals surface area (Å²) in [4.78, 5) is 24.1. The SMILES string of the molecule is O=C(NC1CCCCC1CO)c1ccc(Cn2ccccc2=O)o1. The maximum atomic E-state index is 12.4. The summed E-state index contributed by atoms with van der Waals surface area (Å²) < 4.78 is 7.10. The van der Waals surface area contributed by atoms with Crippen molar-refractivity contribution in [2.45, 2.75) is 38.3 Å². The average molecular weight is 330 g/mol. The van der Waals surface area contributed by atoms with Crippen molar-refractivity contribution in [2.24, 2.45) is 5.92 Å². The molecule has 2 unspecified atom stereocenters. The highest BCUT2D eigenvalue weighted by Crippen LogP contribution is 2.24. The van der Waals surface area contributed by atoms with Gasteiger partial charge >= 0.3 is 0 Å². The second-order valence-corrected chi connectivity index (χ2v) is 6.24. The standard InChI is InChI=1S/C18H22N2O4/c21-12-13-5-1-2-6-15(13)19-18(23)16-9-8-14(24-16)11-20-10-4-3-7-17(20)22/h3-4,7-10,13,15,21H,1-2,5-6,11-12H2,(H,19,23). The number of nitrogens with zero attached hydrogens (tertiary/aromatic N) is 1. The quantitative estimate of drug-likeness (QED) is 0.875. The van der Waals surface area contributed by atoms with Gasteiger partial charge in [-0.25, -0.2) is 0 Å². The smallest absolute Gasteiger partial charge is 0.287 e. The normalized spacial score (nSPS) is 20.7. The van der Waals surface area contributed by atoms with Crippen LogP contribution in [0.3, 0.4) is 0 Å². The molecule has 6 heteroatoms. The Kier molecular flexibility index (Phi) is 5.15. The number of carbonyl (C=O) groups is 1. The summed E-state index contributed by atoms with van der Waals surface area (Å²) in [6.07, 6.45) is 5.64. The molecule has 1 aliphatic carbocycles. The van der Waals surface area contributed by atoms with Crippen LogP contribution in [0, 0.1) is 5.92 Å². The van der Waals surface area contributed by atoms with Crippen molar-refractivity contribution in [2.75, 3.05) is 6.61 Å². The monoisotopic (exact) mass is 330 g/mol. The molecule has 1 saturated carbocycles. The van der Waals surface area contributed by atoms with Crippen molar-refractivity contribution >= 4 is 5.91 Å². The van der Waals surface area contributed by atoms with Gasteiger partial charge in [-0.05, 0) is 31.0 Å². The summed E-state index contributed by atoms with van der Waals surface area (Å²) in [7, 11) is 0. The molecule has 3 rings (SSSR count). The molecule has 0 spiro atoms. The van der Waals surface area contributed by atoms with E-state index in [2.05, 4.69) is 5.32 Å². The van der Waals surface area contributed by atoms with Crippen molar-refractivity contribution in [3.05, 3.63) is 58.4 Å². The Morgan fingerprint density at radius 2 is 2.08 bits per heavy atom. The number of carbonyl (C=O) groups excluding carboxylic acids is 1. The van der Waals surface area contributed by atoms with Crippen LogP contribution in [0.1, 0.15) is 42.0 Å². The van der Waals surface area contributed by atoms with Crippen molar-refractivity contribution < 1.29 is 14.3 Å². The van der Waals surface area contributed by atoms with Gasteiger partial charge in [-0.1, -0.05) is 18.9 Å². The van der Waals surface area contributed by atoms with E-state index in [1.807, 2.05) is 0 Å². The second-order valence-electron chi connectivity index (χ2n) is 6.24. The lowest BCUT2D eigenvalue weighted by molar-refractivity contribution is 0.0843. The number of amides is 1. The van der Waals surface area contributed by atoms with Gasteiger partial charge in [0.1, 0.15) is 5.76 Å². The van der Waals surface area contributed by atoms with E-state index in [1.54, 1.807) is 30.5 Å². The van der Waals surface area contributed by atoms with E-state index >= 15 is 0 Å². The molecule has 2 atom stereocenters. The Morgan fingerprint density at radius 1 is 1.25 bits per heavy atom. The van der Waals surface area contributed by atoms with Crippen LogP contribution in [0.15, 0.2) is 45.7 Å². The largest absolute Gasteiger partial charge is 0.454 e. The minimum atomic E-state index is -0.271. The fourth-order valence-electron chi connectivity index (χ4n) is 3.20. The maximum absolute atomic E-state index is 12.4. The molecular weight excluding hydrogens is 308 g/mol. The van der Waals surface area contributed by atoms with Crippen LogP contribution in [0.4, 0.5) is 0 Å². The molecule has 128 valence electrons. The van der Waals surface area contributed by atoms with Gasteiger partial charge in [-0.3, -0.25) is 9.59 Å². The fraction of sp³-hybridized carbons (Fsp3) is 0.444. The van der Waals surface area contributed by atoms with Crippen LogP contribution in [0.5, 0.6) is 0 Å². The minimum Gasteiger partial charge on any atom is -0.454 e. The zero-order valence-electron chi connectivity index (χ0n) is 13.5. The van der Waals surface area contributed by atoms with E-state index in [-0.39, 0.29) is 42.3 Å². The molecular formula is C18H22N2O4. The molecule has 0 radical (unpaired) electrons. The summed E-state index contributed by atoms with van der Waals surface area (Å²) in [5.74, 6) is 0.624. The first kappa shape index (κ1) is 16.5. The summed E-state index contributed by atoms with van der Waals surface area (Å²) in [5, 5.41) is 12.4. The van der Waals surface area contributed by atoms with Crippen LogP contribution in [0.2, 0.25) is 0 Å². The Balaban J connectivity index is 1.65. The van der Waals surface area contributed by atoms with Crippen LogP contribution in [-0.4, -0.2) is 28.2 Å². The summed E-state index contributed by atoms with van der Waals surface area (Å²) in [6.45, 7) is 0.376. The molecule has 6 nitrogen and oxygen atoms in total. The number of furan rings is 1. The number of aliphatic hydroxyl groups is 1. The number of rotatable bonds is 5. The third kappa shape index (κ3) is 3.76. The van der Waals surface area contributed by atoms with Gasteiger partial charge in [0.15, 0.2) is 5.76 Å². The van der Waals surface area contributed by atoms with Crippen LogP contribution >= 0.6 is 0 Å². The Bertz CT molecular complexity index is 749. The number of hydrogen-bond acceptors (Lipinski definition) is 4. The molecule has 2 heterocycles. The summed E-state index contributed by atoms with van der Waals surface area (Å²) in [6, 6.07) is 8.25. The van der Waals surface area contributed by atoms with E-state index in [9.17, 15) is 14.7 Å². The van der Waals surface area contributed by atoms with Crippen LogP contribution in [-0.2, 0) is 6.54 Å². The van der Waals surface area contributed by atoms with Crippen molar-refractivity contribution in [1.29, 1.82) is 0 Å². The zero-order chi connectivity index (χ0) is 16.9. The van der Waals surface area contributed by atoms with E-state index in [0.29, 0.717) is 5.76 Å². The van der Waals surface area contributed by atoms with E-state index in [1.165, 1.54) is 10.6 Å². The van der Waals surface area contributed by atoms with Gasteiger partial charge < -0.3 is 19.4 Å². The molecule has 0 bridgehead atoms. The number of aliphatic hydroxyl groups excluding tert-OH is 1. The van der Waals surface area contributed by atoms with E-state index in [4.69, 9.17) is 4.42 Å². The highest BCUT2D eigenvalue weighted by molar-refractivity contribution is 5.91. The molecule has 0 saturated heterocycles. The third-order valence-corrected chi connectivity index (χ3v) is 4.57. The van der Waals surface area contributed by atoms with E-state index in [0.717, 1.165) is 25.7 Å². The lowest BCUT2D eigenvalue weighted by Crippen LogP contribution is -2.43. The maximum Gasteiger partial charge on any atom is 0.287 e. The molecule has 0 aliphatic heterocycles. The number of hydrogen-bond donors (Lipinski definition) is 2. The second kappa shape index (κ2) is 7.49. The van der Waals surface area contributed by atoms with Crippen LogP contribution < -0.4 is 10.9 Å². The molecule has 2 aromatic heterocycles. The Hall–Kier alpha value is -2.34. The Morgan fingerprint density at radius 3 is 2.88 bits per heavy atom. The number of pyridine rings is 1. The van der Waals surface area contributed by atoms with E-state index < -0.39 is 0 Å². The molecule has 1 amide bonds. The molecule has 1 fully saturated rings. The minimum absolute atomic E-state index is 0.0125. The first-order valence-electron chi connectivity index (χ1n) is 8.33. The van der Waals surface area contributed by atoms with Crippen LogP contribution in [0.25, 0.3) is 0 Å². The van der Waals surface area contributed by atoms with Gasteiger partial charge in [0.05, 0.1) is 6.54 Å².